The molecular formula is C22H19FN2O3S. The molecule has 2 aliphatic heterocycles. The number of carbonyl (C=O) groups excluding carboxylic acids is 1. The Morgan fingerprint density at radius 2 is 2.10 bits per heavy atom. The van der Waals surface area contributed by atoms with Gasteiger partial charge in [-0.15, -0.1) is 11.8 Å². The molecule has 0 saturated carbocycles. The lowest BCUT2D eigenvalue weighted by atomic mass is 9.85. The van der Waals surface area contributed by atoms with Crippen LogP contribution in [0.3, 0.4) is 0 Å². The molecule has 0 aromatic heterocycles. The highest BCUT2D eigenvalue weighted by Crippen LogP contribution is 2.51. The molecular weight excluding hydrogens is 391 g/mol. The van der Waals surface area contributed by atoms with Gasteiger partial charge in [0.25, 0.3) is 0 Å². The molecule has 0 aliphatic carbocycles. The van der Waals surface area contributed by atoms with E-state index in [-0.39, 0.29) is 18.1 Å². The molecule has 1 amide bonds. The van der Waals surface area contributed by atoms with Crippen molar-refractivity contribution in [2.45, 2.75) is 25.0 Å². The third kappa shape index (κ3) is 3.28. The van der Waals surface area contributed by atoms with Crippen molar-refractivity contribution in [2.75, 3.05) is 12.4 Å². The van der Waals surface area contributed by atoms with E-state index in [1.807, 2.05) is 6.92 Å². The van der Waals surface area contributed by atoms with Crippen LogP contribution in [0.1, 0.15) is 30.4 Å². The predicted octanol–water partition coefficient (Wildman–Crippen LogP) is 3.87. The summed E-state index contributed by atoms with van der Waals surface area (Å²) in [5.74, 6) is -0.345. The fraction of sp³-hybridized carbons (Fsp3) is 0.273. The van der Waals surface area contributed by atoms with E-state index >= 15 is 0 Å². The zero-order chi connectivity index (χ0) is 20.6. The molecule has 1 saturated heterocycles. The minimum absolute atomic E-state index is 0.00422. The topological polar surface area (TPSA) is 73.6 Å². The van der Waals surface area contributed by atoms with E-state index in [1.165, 1.54) is 28.8 Å². The first kappa shape index (κ1) is 19.5. The molecule has 2 atom stereocenters. The molecule has 1 fully saturated rings. The Balaban J connectivity index is 1.75. The van der Waals surface area contributed by atoms with Gasteiger partial charge in [0, 0.05) is 17.9 Å². The van der Waals surface area contributed by atoms with Crippen molar-refractivity contribution < 1.29 is 19.0 Å². The minimum Gasteiger partial charge on any atom is -0.494 e. The van der Waals surface area contributed by atoms with Crippen LogP contribution in [0.25, 0.3) is 0 Å². The summed E-state index contributed by atoms with van der Waals surface area (Å²) >= 11 is 1.27. The summed E-state index contributed by atoms with van der Waals surface area (Å²) in [6.07, 6.45) is -0.00422. The van der Waals surface area contributed by atoms with Gasteiger partial charge in [-0.1, -0.05) is 24.3 Å². The van der Waals surface area contributed by atoms with Crippen LogP contribution in [-0.2, 0) is 10.5 Å². The van der Waals surface area contributed by atoms with Crippen molar-refractivity contribution in [3.63, 3.8) is 0 Å². The molecule has 0 radical (unpaired) electrons. The maximum atomic E-state index is 13.7. The Bertz CT molecular complexity index is 1030. The van der Waals surface area contributed by atoms with Crippen LogP contribution in [0.4, 0.5) is 4.39 Å². The van der Waals surface area contributed by atoms with Gasteiger partial charge in [0.2, 0.25) is 5.91 Å². The van der Waals surface area contributed by atoms with Crippen molar-refractivity contribution in [1.29, 1.82) is 5.26 Å². The van der Waals surface area contributed by atoms with Gasteiger partial charge in [-0.2, -0.15) is 5.26 Å². The fourth-order valence-electron chi connectivity index (χ4n) is 3.83. The van der Waals surface area contributed by atoms with Crippen molar-refractivity contribution in [3.8, 4) is 11.8 Å². The molecule has 4 rings (SSSR count). The Morgan fingerprint density at radius 3 is 2.76 bits per heavy atom. The van der Waals surface area contributed by atoms with Crippen molar-refractivity contribution >= 4 is 17.7 Å². The van der Waals surface area contributed by atoms with E-state index in [0.29, 0.717) is 34.1 Å². The summed E-state index contributed by atoms with van der Waals surface area (Å²) in [6, 6.07) is 15.1. The highest BCUT2D eigenvalue weighted by atomic mass is 32.2. The zero-order valence-corrected chi connectivity index (χ0v) is 16.6. The summed E-state index contributed by atoms with van der Waals surface area (Å²) in [5.41, 5.74) is -0.0314. The molecule has 2 aromatic rings. The van der Waals surface area contributed by atoms with Gasteiger partial charge in [-0.25, -0.2) is 4.39 Å². The van der Waals surface area contributed by atoms with Crippen LogP contribution < -0.4 is 4.74 Å². The highest BCUT2D eigenvalue weighted by Gasteiger charge is 2.51. The number of fused-ring (bicyclic) bond motifs is 1. The summed E-state index contributed by atoms with van der Waals surface area (Å²) in [6.45, 7) is 2.42. The van der Waals surface area contributed by atoms with E-state index in [4.69, 9.17) is 4.74 Å². The summed E-state index contributed by atoms with van der Waals surface area (Å²) < 4.78 is 19.1. The highest BCUT2D eigenvalue weighted by molar-refractivity contribution is 8.03. The monoisotopic (exact) mass is 410 g/mol. The molecule has 0 unspecified atom stereocenters. The van der Waals surface area contributed by atoms with Gasteiger partial charge in [0.15, 0.2) is 5.72 Å². The number of aliphatic hydroxyl groups is 1. The normalized spacial score (nSPS) is 23.7. The summed E-state index contributed by atoms with van der Waals surface area (Å²) in [5, 5.41) is 21.7. The van der Waals surface area contributed by atoms with Crippen molar-refractivity contribution in [2.24, 2.45) is 0 Å². The lowest BCUT2D eigenvalue weighted by Crippen LogP contribution is -2.48. The lowest BCUT2D eigenvalue weighted by Gasteiger charge is -2.38. The Kier molecular flexibility index (Phi) is 5.07. The number of amides is 1. The lowest BCUT2D eigenvalue weighted by molar-refractivity contribution is -0.149. The molecule has 5 nitrogen and oxygen atoms in total. The quantitative estimate of drug-likeness (QED) is 0.828. The molecule has 0 bridgehead atoms. The summed E-state index contributed by atoms with van der Waals surface area (Å²) in [7, 11) is 0. The van der Waals surface area contributed by atoms with Gasteiger partial charge in [0.1, 0.15) is 11.6 Å². The second-order valence-electron chi connectivity index (χ2n) is 6.93. The van der Waals surface area contributed by atoms with Crippen LogP contribution in [0, 0.1) is 17.1 Å². The number of ether oxygens (including phenoxy) is 1. The maximum absolute atomic E-state index is 13.7. The van der Waals surface area contributed by atoms with Gasteiger partial charge in [0.05, 0.1) is 29.0 Å². The number of halogens is 1. The van der Waals surface area contributed by atoms with Gasteiger partial charge < -0.3 is 9.84 Å². The third-order valence-corrected chi connectivity index (χ3v) is 6.41. The van der Waals surface area contributed by atoms with Crippen LogP contribution in [0.15, 0.2) is 59.1 Å². The van der Waals surface area contributed by atoms with E-state index < -0.39 is 17.5 Å². The Labute approximate surface area is 172 Å². The van der Waals surface area contributed by atoms with Crippen molar-refractivity contribution in [1.82, 2.24) is 4.90 Å². The standard InChI is InChI=1S/C22H19FN2O3S/c1-2-28-17-8-6-15(7-9-17)22(27)13-29-21-19(12-24)18(11-20(26)25(21)22)14-4-3-5-16(23)10-14/h3-10,18,27H,2,11,13H2,1H3/t18-,22-/m0/s1. The number of allylic oxidation sites excluding steroid dienone is 1. The van der Waals surface area contributed by atoms with Crippen LogP contribution in [-0.4, -0.2) is 28.3 Å². The van der Waals surface area contributed by atoms with Gasteiger partial charge in [-0.05, 0) is 36.8 Å². The fourth-order valence-corrected chi connectivity index (χ4v) is 5.19. The first-order valence-electron chi connectivity index (χ1n) is 9.29. The first-order valence-corrected chi connectivity index (χ1v) is 10.3. The van der Waals surface area contributed by atoms with Crippen molar-refractivity contribution in [3.05, 3.63) is 76.1 Å². The Morgan fingerprint density at radius 1 is 1.34 bits per heavy atom. The van der Waals surface area contributed by atoms with E-state index in [9.17, 15) is 19.6 Å². The number of hydrogen-bond donors (Lipinski definition) is 1. The van der Waals surface area contributed by atoms with E-state index in [0.717, 1.165) is 0 Å². The second kappa shape index (κ2) is 7.54. The van der Waals surface area contributed by atoms with Crippen LogP contribution in [0.5, 0.6) is 5.75 Å². The number of nitrogens with zero attached hydrogens (tertiary/aromatic N) is 2. The molecule has 1 N–H and O–H groups in total. The van der Waals surface area contributed by atoms with Crippen LogP contribution in [0.2, 0.25) is 0 Å². The molecule has 2 heterocycles. The average molecular weight is 410 g/mol. The van der Waals surface area contributed by atoms with Crippen LogP contribution >= 0.6 is 11.8 Å². The van der Waals surface area contributed by atoms with Gasteiger partial charge in [-0.3, -0.25) is 9.69 Å². The second-order valence-corrected chi connectivity index (χ2v) is 7.90. The van der Waals surface area contributed by atoms with E-state index in [1.54, 1.807) is 36.4 Å². The maximum Gasteiger partial charge on any atom is 0.231 e. The number of hydrogen-bond acceptors (Lipinski definition) is 5. The minimum atomic E-state index is -1.54. The van der Waals surface area contributed by atoms with Gasteiger partial charge >= 0.3 is 0 Å². The number of rotatable bonds is 4. The number of carbonyl (C=O) groups is 1. The molecule has 2 aromatic carbocycles. The molecule has 29 heavy (non-hydrogen) atoms. The largest absolute Gasteiger partial charge is 0.494 e. The molecule has 7 heteroatoms. The predicted molar refractivity (Wildman–Crippen MR) is 107 cm³/mol. The summed E-state index contributed by atoms with van der Waals surface area (Å²) in [4.78, 5) is 14.4. The Hall–Kier alpha value is -2.82. The smallest absolute Gasteiger partial charge is 0.231 e. The SMILES string of the molecule is CCOc1ccc([C@@]2(O)CSC3=C(C#N)[C@H](c4cccc(F)c4)CC(=O)N32)cc1. The number of nitriles is 1. The average Bonchev–Trinajstić information content (AvgIpc) is 3.08. The third-order valence-electron chi connectivity index (χ3n) is 5.19. The first-order chi connectivity index (χ1) is 14.0. The van der Waals surface area contributed by atoms with E-state index in [2.05, 4.69) is 6.07 Å². The molecule has 0 spiro atoms. The molecule has 2 aliphatic rings. The number of benzene rings is 2. The molecule has 148 valence electrons. The number of thioether (sulfide) groups is 1. The zero-order valence-electron chi connectivity index (χ0n) is 15.8.